The van der Waals surface area contributed by atoms with E-state index in [0.717, 1.165) is 11.3 Å². The summed E-state index contributed by atoms with van der Waals surface area (Å²) in [6, 6.07) is 0. The summed E-state index contributed by atoms with van der Waals surface area (Å²) in [7, 11) is -2.00. The predicted octanol–water partition coefficient (Wildman–Crippen LogP) is 1.03. The molecule has 0 aliphatic carbocycles. The number of hydrogen-bond donors (Lipinski definition) is 1. The number of aryl methyl sites for hydroxylation is 1. The highest BCUT2D eigenvalue weighted by Crippen LogP contribution is 2.26. The Kier molecular flexibility index (Phi) is 4.47. The first-order valence-electron chi connectivity index (χ1n) is 4.09. The molecule has 0 amide bonds. The van der Waals surface area contributed by atoms with Gasteiger partial charge in [-0.05, 0) is 6.92 Å². The molecule has 86 valence electrons. The van der Waals surface area contributed by atoms with Crippen molar-refractivity contribution in [3.63, 3.8) is 0 Å². The van der Waals surface area contributed by atoms with Gasteiger partial charge in [0.05, 0.1) is 12.3 Å². The molecule has 0 saturated carbocycles. The number of sulfonamides is 1. The number of aromatic nitrogens is 1. The van der Waals surface area contributed by atoms with Crippen LogP contribution in [0, 0.1) is 6.92 Å². The second-order valence-electron chi connectivity index (χ2n) is 2.73. The minimum atomic E-state index is -3.50. The summed E-state index contributed by atoms with van der Waals surface area (Å²) in [4.78, 5) is 3.84. The molecule has 0 fully saturated rings. The van der Waals surface area contributed by atoms with Gasteiger partial charge in [0.2, 0.25) is 0 Å². The fourth-order valence-corrected chi connectivity index (χ4v) is 3.74. The Balaban J connectivity index is 2.82. The van der Waals surface area contributed by atoms with Gasteiger partial charge in [0, 0.05) is 13.7 Å². The summed E-state index contributed by atoms with van der Waals surface area (Å²) < 4.78 is 30.9. The molecule has 1 aromatic heterocycles. The van der Waals surface area contributed by atoms with Crippen molar-refractivity contribution in [2.45, 2.75) is 11.1 Å². The van der Waals surface area contributed by atoms with Crippen molar-refractivity contribution in [1.29, 1.82) is 0 Å². The number of thiazole rings is 1. The maximum absolute atomic E-state index is 11.7. The van der Waals surface area contributed by atoms with Crippen molar-refractivity contribution >= 4 is 33.0 Å². The quantitative estimate of drug-likeness (QED) is 0.812. The van der Waals surface area contributed by atoms with Crippen LogP contribution in [0.25, 0.3) is 0 Å². The highest BCUT2D eigenvalue weighted by atomic mass is 35.5. The fraction of sp³-hybridized carbons (Fsp3) is 0.571. The third-order valence-electron chi connectivity index (χ3n) is 1.57. The number of nitrogens with zero attached hydrogens (tertiary/aromatic N) is 1. The second-order valence-corrected chi connectivity index (χ2v) is 6.27. The molecular formula is C7H11ClN2O3S2. The topological polar surface area (TPSA) is 68.3 Å². The monoisotopic (exact) mass is 270 g/mol. The zero-order chi connectivity index (χ0) is 11.5. The van der Waals surface area contributed by atoms with Gasteiger partial charge in [0.15, 0.2) is 8.68 Å². The van der Waals surface area contributed by atoms with Crippen LogP contribution < -0.4 is 4.72 Å². The standard InChI is InChI=1S/C7H11ClN2O3S2/c1-5-6(14-7(8)10-5)15(11,12)9-3-4-13-2/h9H,3-4H2,1-2H3. The Bertz CT molecular complexity index is 429. The van der Waals surface area contributed by atoms with Crippen molar-refractivity contribution in [3.05, 3.63) is 10.2 Å². The molecule has 0 unspecified atom stereocenters. The molecule has 1 heterocycles. The highest BCUT2D eigenvalue weighted by molar-refractivity contribution is 7.91. The Hall–Kier alpha value is -0.210. The first-order valence-corrected chi connectivity index (χ1v) is 6.76. The van der Waals surface area contributed by atoms with Crippen LogP contribution in [-0.4, -0.2) is 33.7 Å². The van der Waals surface area contributed by atoms with Crippen LogP contribution in [0.5, 0.6) is 0 Å². The van der Waals surface area contributed by atoms with Crippen LogP contribution >= 0.6 is 22.9 Å². The third kappa shape index (κ3) is 3.39. The summed E-state index contributed by atoms with van der Waals surface area (Å²) in [6.07, 6.45) is 0. The molecular weight excluding hydrogens is 260 g/mol. The van der Waals surface area contributed by atoms with E-state index in [2.05, 4.69) is 9.71 Å². The van der Waals surface area contributed by atoms with Gasteiger partial charge in [-0.15, -0.1) is 0 Å². The summed E-state index contributed by atoms with van der Waals surface area (Å²) >= 11 is 6.57. The Morgan fingerprint density at radius 3 is 2.73 bits per heavy atom. The lowest BCUT2D eigenvalue weighted by Gasteiger charge is -2.03. The maximum Gasteiger partial charge on any atom is 0.252 e. The van der Waals surface area contributed by atoms with E-state index in [-0.39, 0.29) is 15.2 Å². The number of hydrogen-bond acceptors (Lipinski definition) is 5. The Labute approximate surface area is 97.5 Å². The average Bonchev–Trinajstić information content (AvgIpc) is 2.46. The lowest BCUT2D eigenvalue weighted by atomic mass is 10.6. The molecule has 0 saturated heterocycles. The van der Waals surface area contributed by atoms with E-state index >= 15 is 0 Å². The van der Waals surface area contributed by atoms with Gasteiger partial charge in [0.25, 0.3) is 10.0 Å². The number of nitrogens with one attached hydrogen (secondary N) is 1. The summed E-state index contributed by atoms with van der Waals surface area (Å²) in [5, 5.41) is 0. The molecule has 0 spiro atoms. The zero-order valence-electron chi connectivity index (χ0n) is 8.28. The van der Waals surface area contributed by atoms with Crippen LogP contribution in [0.15, 0.2) is 4.21 Å². The smallest absolute Gasteiger partial charge is 0.252 e. The number of halogens is 1. The van der Waals surface area contributed by atoms with Gasteiger partial charge < -0.3 is 4.74 Å². The largest absolute Gasteiger partial charge is 0.383 e. The summed E-state index contributed by atoms with van der Waals surface area (Å²) in [5.74, 6) is 0. The molecule has 0 aliphatic rings. The second kappa shape index (κ2) is 5.22. The average molecular weight is 271 g/mol. The van der Waals surface area contributed by atoms with Crippen molar-refractivity contribution in [1.82, 2.24) is 9.71 Å². The van der Waals surface area contributed by atoms with Crippen molar-refractivity contribution < 1.29 is 13.2 Å². The Morgan fingerprint density at radius 1 is 1.60 bits per heavy atom. The van der Waals surface area contributed by atoms with Gasteiger partial charge in [0.1, 0.15) is 0 Å². The first kappa shape index (κ1) is 12.9. The van der Waals surface area contributed by atoms with Crippen LogP contribution in [0.4, 0.5) is 0 Å². The fourth-order valence-electron chi connectivity index (χ4n) is 0.944. The number of ether oxygens (including phenoxy) is 1. The lowest BCUT2D eigenvalue weighted by Crippen LogP contribution is -2.27. The number of methoxy groups -OCH3 is 1. The van der Waals surface area contributed by atoms with Gasteiger partial charge in [-0.3, -0.25) is 0 Å². The van der Waals surface area contributed by atoms with E-state index in [1.165, 1.54) is 7.11 Å². The molecule has 0 aliphatic heterocycles. The van der Waals surface area contributed by atoms with E-state index in [4.69, 9.17) is 16.3 Å². The Morgan fingerprint density at radius 2 is 2.27 bits per heavy atom. The van der Waals surface area contributed by atoms with Crippen molar-refractivity contribution in [2.75, 3.05) is 20.3 Å². The number of rotatable bonds is 5. The van der Waals surface area contributed by atoms with Gasteiger partial charge in [-0.2, -0.15) is 0 Å². The SMILES string of the molecule is COCCNS(=O)(=O)c1sc(Cl)nc1C. The minimum Gasteiger partial charge on any atom is -0.383 e. The first-order chi connectivity index (χ1) is 6.97. The van der Waals surface area contributed by atoms with Gasteiger partial charge >= 0.3 is 0 Å². The van der Waals surface area contributed by atoms with E-state index in [1.54, 1.807) is 6.92 Å². The summed E-state index contributed by atoms with van der Waals surface area (Å²) in [5.41, 5.74) is 0.412. The van der Waals surface area contributed by atoms with E-state index in [1.807, 2.05) is 0 Å². The molecule has 1 aromatic rings. The molecule has 1 N–H and O–H groups in total. The molecule has 15 heavy (non-hydrogen) atoms. The maximum atomic E-state index is 11.7. The third-order valence-corrected chi connectivity index (χ3v) is 4.90. The van der Waals surface area contributed by atoms with Gasteiger partial charge in [-0.25, -0.2) is 18.1 Å². The molecule has 8 heteroatoms. The van der Waals surface area contributed by atoms with Gasteiger partial charge in [-0.1, -0.05) is 22.9 Å². The molecule has 0 atom stereocenters. The highest BCUT2D eigenvalue weighted by Gasteiger charge is 2.20. The summed E-state index contributed by atoms with van der Waals surface area (Å²) in [6.45, 7) is 2.16. The molecule has 0 radical (unpaired) electrons. The van der Waals surface area contributed by atoms with E-state index in [0.29, 0.717) is 12.3 Å². The van der Waals surface area contributed by atoms with Crippen LogP contribution in [-0.2, 0) is 14.8 Å². The predicted molar refractivity (Wildman–Crippen MR) is 58.9 cm³/mol. The lowest BCUT2D eigenvalue weighted by molar-refractivity contribution is 0.204. The van der Waals surface area contributed by atoms with Crippen LogP contribution in [0.1, 0.15) is 5.69 Å². The minimum absolute atomic E-state index is 0.156. The van der Waals surface area contributed by atoms with Crippen molar-refractivity contribution in [2.24, 2.45) is 0 Å². The van der Waals surface area contributed by atoms with Crippen LogP contribution in [0.3, 0.4) is 0 Å². The van der Waals surface area contributed by atoms with E-state index < -0.39 is 10.0 Å². The molecule has 0 aromatic carbocycles. The molecule has 1 rings (SSSR count). The van der Waals surface area contributed by atoms with Crippen LogP contribution in [0.2, 0.25) is 4.47 Å². The van der Waals surface area contributed by atoms with E-state index in [9.17, 15) is 8.42 Å². The molecule has 5 nitrogen and oxygen atoms in total. The molecule has 0 bridgehead atoms. The zero-order valence-corrected chi connectivity index (χ0v) is 10.7. The van der Waals surface area contributed by atoms with Crippen molar-refractivity contribution in [3.8, 4) is 0 Å². The normalized spacial score (nSPS) is 11.9.